The molecule has 0 aliphatic carbocycles. The molecule has 0 radical (unpaired) electrons. The minimum atomic E-state index is -4.86. The number of alkyl halides is 3. The highest BCUT2D eigenvalue weighted by molar-refractivity contribution is 6.03. The third-order valence-electron chi connectivity index (χ3n) is 5.25. The van der Waals surface area contributed by atoms with E-state index < -0.39 is 42.5 Å². The summed E-state index contributed by atoms with van der Waals surface area (Å²) in [7, 11) is 0. The van der Waals surface area contributed by atoms with Crippen LogP contribution in [-0.2, 0) is 16.1 Å². The van der Waals surface area contributed by atoms with Gasteiger partial charge in [-0.3, -0.25) is 9.59 Å². The molecular formula is C25H32F3N3O4. The average Bonchev–Trinajstić information content (AvgIpc) is 2.73. The van der Waals surface area contributed by atoms with Crippen LogP contribution in [-0.4, -0.2) is 42.0 Å². The number of aliphatic hydroxyl groups excluding tert-OH is 1. The van der Waals surface area contributed by atoms with E-state index in [1.54, 1.807) is 0 Å². The molecule has 2 aromatic carbocycles. The number of nitrogens with one attached hydrogen (secondary N) is 3. The molecule has 0 bridgehead atoms. The lowest BCUT2D eigenvalue weighted by Crippen LogP contribution is -2.49. The van der Waals surface area contributed by atoms with E-state index in [9.17, 15) is 27.9 Å². The molecule has 35 heavy (non-hydrogen) atoms. The van der Waals surface area contributed by atoms with Crippen LogP contribution in [0.5, 0.6) is 5.75 Å². The maximum Gasteiger partial charge on any atom is 0.573 e. The number of carbonyl (C=O) groups excluding carboxylic acids is 2. The number of aliphatic hydroxyl groups is 1. The van der Waals surface area contributed by atoms with Crippen molar-refractivity contribution in [2.75, 3.05) is 11.9 Å². The number of hydrogen-bond donors (Lipinski definition) is 4. The Hall–Kier alpha value is -3.11. The highest BCUT2D eigenvalue weighted by Crippen LogP contribution is 2.25. The second-order valence-electron chi connectivity index (χ2n) is 8.39. The number of benzene rings is 2. The molecule has 0 heterocycles. The normalized spacial score (nSPS) is 13.1. The summed E-state index contributed by atoms with van der Waals surface area (Å²) in [6.07, 6.45) is -5.05. The van der Waals surface area contributed by atoms with Crippen LogP contribution in [0.2, 0.25) is 0 Å². The minimum Gasteiger partial charge on any atom is -0.406 e. The molecule has 2 amide bonds. The molecule has 0 aliphatic heterocycles. The molecule has 0 saturated carbocycles. The van der Waals surface area contributed by atoms with Crippen LogP contribution in [0.25, 0.3) is 0 Å². The first-order chi connectivity index (χ1) is 16.5. The van der Waals surface area contributed by atoms with Crippen LogP contribution >= 0.6 is 0 Å². The molecule has 0 fully saturated rings. The largest absolute Gasteiger partial charge is 0.573 e. The molecule has 10 heteroatoms. The van der Waals surface area contributed by atoms with Crippen LogP contribution < -0.4 is 20.7 Å². The molecule has 0 saturated heterocycles. The topological polar surface area (TPSA) is 99.7 Å². The second-order valence-corrected chi connectivity index (χ2v) is 8.39. The quantitative estimate of drug-likeness (QED) is 0.334. The maximum absolute atomic E-state index is 12.5. The maximum atomic E-state index is 12.5. The summed E-state index contributed by atoms with van der Waals surface area (Å²) >= 11 is 0. The van der Waals surface area contributed by atoms with Gasteiger partial charge in [0.1, 0.15) is 12.2 Å². The number of amides is 2. The van der Waals surface area contributed by atoms with Crippen LogP contribution in [0, 0.1) is 13.8 Å². The zero-order valence-electron chi connectivity index (χ0n) is 20.0. The van der Waals surface area contributed by atoms with Crippen molar-refractivity contribution in [2.24, 2.45) is 0 Å². The van der Waals surface area contributed by atoms with E-state index in [1.165, 1.54) is 12.1 Å². The molecule has 0 spiro atoms. The van der Waals surface area contributed by atoms with Gasteiger partial charge in [-0.1, -0.05) is 43.2 Å². The predicted octanol–water partition coefficient (Wildman–Crippen LogP) is 3.97. The van der Waals surface area contributed by atoms with Gasteiger partial charge in [0.25, 0.3) is 0 Å². The van der Waals surface area contributed by atoms with Gasteiger partial charge in [-0.2, -0.15) is 0 Å². The van der Waals surface area contributed by atoms with Crippen LogP contribution in [0.3, 0.4) is 0 Å². The van der Waals surface area contributed by atoms with Gasteiger partial charge in [0.05, 0.1) is 12.1 Å². The Kier molecular flexibility index (Phi) is 10.5. The van der Waals surface area contributed by atoms with Crippen molar-refractivity contribution in [2.45, 2.75) is 65.1 Å². The van der Waals surface area contributed by atoms with E-state index in [0.29, 0.717) is 25.9 Å². The fraction of sp³-hybridized carbons (Fsp3) is 0.440. The van der Waals surface area contributed by atoms with Gasteiger partial charge in [-0.05, 0) is 43.5 Å². The monoisotopic (exact) mass is 495 g/mol. The Balaban J connectivity index is 1.91. The third-order valence-corrected chi connectivity index (χ3v) is 5.25. The first-order valence-corrected chi connectivity index (χ1v) is 11.4. The van der Waals surface area contributed by atoms with Crippen molar-refractivity contribution in [1.29, 1.82) is 0 Å². The molecular weight excluding hydrogens is 463 g/mol. The SMILES string of the molecule is CCC[C@H](O)[C@H](CNCc1ccc(C)cc1C)NC(=O)CC(=O)Nc1cccc(OC(F)(F)F)c1. The molecule has 0 aromatic heterocycles. The van der Waals surface area contributed by atoms with E-state index in [2.05, 4.69) is 26.8 Å². The molecule has 2 aromatic rings. The van der Waals surface area contributed by atoms with Crippen molar-refractivity contribution in [1.82, 2.24) is 10.6 Å². The summed E-state index contributed by atoms with van der Waals surface area (Å²) < 4.78 is 41.0. The fourth-order valence-corrected chi connectivity index (χ4v) is 3.57. The summed E-state index contributed by atoms with van der Waals surface area (Å²) in [5.41, 5.74) is 3.45. The molecule has 2 rings (SSSR count). The van der Waals surface area contributed by atoms with Crippen LogP contribution in [0.4, 0.5) is 18.9 Å². The number of rotatable bonds is 12. The Labute approximate surface area is 203 Å². The van der Waals surface area contributed by atoms with Gasteiger partial charge in [-0.25, -0.2) is 0 Å². The van der Waals surface area contributed by atoms with Crippen molar-refractivity contribution in [3.05, 3.63) is 59.2 Å². The van der Waals surface area contributed by atoms with E-state index in [0.717, 1.165) is 28.8 Å². The number of halogens is 3. The summed E-state index contributed by atoms with van der Waals surface area (Å²) in [6.45, 7) is 6.78. The Morgan fingerprint density at radius 3 is 2.49 bits per heavy atom. The molecule has 0 unspecified atom stereocenters. The highest BCUT2D eigenvalue weighted by Gasteiger charge is 2.31. The Morgan fingerprint density at radius 1 is 1.09 bits per heavy atom. The third kappa shape index (κ3) is 10.4. The Morgan fingerprint density at radius 2 is 1.83 bits per heavy atom. The highest BCUT2D eigenvalue weighted by atomic mass is 19.4. The van der Waals surface area contributed by atoms with Crippen molar-refractivity contribution in [3.8, 4) is 5.75 Å². The van der Waals surface area contributed by atoms with Gasteiger partial charge in [0.2, 0.25) is 11.8 Å². The molecule has 2 atom stereocenters. The fourth-order valence-electron chi connectivity index (χ4n) is 3.57. The zero-order chi connectivity index (χ0) is 26.0. The van der Waals surface area contributed by atoms with E-state index in [-0.39, 0.29) is 5.69 Å². The van der Waals surface area contributed by atoms with E-state index >= 15 is 0 Å². The second kappa shape index (κ2) is 13.1. The average molecular weight is 496 g/mol. The van der Waals surface area contributed by atoms with Gasteiger partial charge in [0, 0.05) is 24.8 Å². The first kappa shape index (κ1) is 28.1. The lowest BCUT2D eigenvalue weighted by atomic mass is 10.0. The molecule has 4 N–H and O–H groups in total. The van der Waals surface area contributed by atoms with Gasteiger partial charge in [-0.15, -0.1) is 13.2 Å². The summed E-state index contributed by atoms with van der Waals surface area (Å²) in [5, 5.41) is 18.8. The van der Waals surface area contributed by atoms with Gasteiger partial charge < -0.3 is 25.8 Å². The smallest absolute Gasteiger partial charge is 0.406 e. The lowest BCUT2D eigenvalue weighted by Gasteiger charge is -2.24. The van der Waals surface area contributed by atoms with Gasteiger partial charge in [0.15, 0.2) is 0 Å². The zero-order valence-corrected chi connectivity index (χ0v) is 20.0. The Bertz CT molecular complexity index is 998. The summed E-state index contributed by atoms with van der Waals surface area (Å²) in [5.74, 6) is -1.81. The van der Waals surface area contributed by atoms with Crippen molar-refractivity contribution < 1.29 is 32.6 Å². The van der Waals surface area contributed by atoms with Gasteiger partial charge >= 0.3 is 6.36 Å². The van der Waals surface area contributed by atoms with E-state index in [1.807, 2.05) is 32.9 Å². The number of aryl methyl sites for hydroxylation is 2. The number of carbonyl (C=O) groups is 2. The molecule has 0 aliphatic rings. The van der Waals surface area contributed by atoms with Crippen molar-refractivity contribution >= 4 is 17.5 Å². The molecule has 7 nitrogen and oxygen atoms in total. The standard InChI is InChI=1S/C25H32F3N3O4/c1-4-6-22(32)21(15-29-14-18-10-9-16(2)11-17(18)3)31-24(34)13-23(33)30-19-7-5-8-20(12-19)35-25(26,27)28/h5,7-12,21-22,29,32H,4,6,13-15H2,1-3H3,(H,30,33)(H,31,34)/t21-,22-/m0/s1. The number of ether oxygens (including phenoxy) is 1. The summed E-state index contributed by atoms with van der Waals surface area (Å²) in [4.78, 5) is 24.7. The van der Waals surface area contributed by atoms with Crippen molar-refractivity contribution in [3.63, 3.8) is 0 Å². The predicted molar refractivity (Wildman–Crippen MR) is 127 cm³/mol. The minimum absolute atomic E-state index is 0.0576. The summed E-state index contributed by atoms with van der Waals surface area (Å²) in [6, 6.07) is 10.3. The van der Waals surface area contributed by atoms with Crippen LogP contribution in [0.15, 0.2) is 42.5 Å². The lowest BCUT2D eigenvalue weighted by molar-refractivity contribution is -0.274. The number of hydrogen-bond acceptors (Lipinski definition) is 5. The number of anilines is 1. The van der Waals surface area contributed by atoms with E-state index in [4.69, 9.17) is 0 Å². The van der Waals surface area contributed by atoms with Crippen LogP contribution in [0.1, 0.15) is 42.9 Å². The first-order valence-electron chi connectivity index (χ1n) is 11.4. The molecule has 192 valence electrons.